The highest BCUT2D eigenvalue weighted by Gasteiger charge is 2.06. The van der Waals surface area contributed by atoms with Crippen molar-refractivity contribution in [2.75, 3.05) is 0 Å². The molecular formula is C14H8INO2. The lowest BCUT2D eigenvalue weighted by molar-refractivity contribution is 0.112. The summed E-state index contributed by atoms with van der Waals surface area (Å²) in [6.45, 7) is 0. The number of carbonyl (C=O) groups is 1. The highest BCUT2D eigenvalue weighted by atomic mass is 127. The molecule has 0 aliphatic carbocycles. The van der Waals surface area contributed by atoms with Crippen molar-refractivity contribution in [3.05, 3.63) is 57.2 Å². The van der Waals surface area contributed by atoms with Gasteiger partial charge in [0.15, 0.2) is 0 Å². The van der Waals surface area contributed by atoms with E-state index in [1.54, 1.807) is 12.1 Å². The average molecular weight is 349 g/mol. The lowest BCUT2D eigenvalue weighted by atomic mass is 10.1. The fourth-order valence-corrected chi connectivity index (χ4v) is 1.97. The van der Waals surface area contributed by atoms with Crippen LogP contribution in [0.3, 0.4) is 0 Å². The predicted molar refractivity (Wildman–Crippen MR) is 75.8 cm³/mol. The van der Waals surface area contributed by atoms with E-state index in [0.717, 1.165) is 3.57 Å². The lowest BCUT2D eigenvalue weighted by Gasteiger charge is -2.07. The van der Waals surface area contributed by atoms with Gasteiger partial charge in [0.2, 0.25) is 0 Å². The number of ether oxygens (including phenoxy) is 1. The molecule has 0 atom stereocenters. The Balaban J connectivity index is 2.35. The molecule has 0 N–H and O–H groups in total. The van der Waals surface area contributed by atoms with Crippen LogP contribution in [0, 0.1) is 14.9 Å². The molecular weight excluding hydrogens is 341 g/mol. The van der Waals surface area contributed by atoms with Crippen LogP contribution in [-0.2, 0) is 0 Å². The summed E-state index contributed by atoms with van der Waals surface area (Å²) in [6.07, 6.45) is 0.704. The van der Waals surface area contributed by atoms with Gasteiger partial charge < -0.3 is 4.74 Å². The van der Waals surface area contributed by atoms with Gasteiger partial charge in [0.05, 0.1) is 5.56 Å². The molecule has 0 fully saturated rings. The molecule has 0 radical (unpaired) electrons. The third kappa shape index (κ3) is 2.87. The summed E-state index contributed by atoms with van der Waals surface area (Å²) < 4.78 is 6.69. The van der Waals surface area contributed by atoms with Gasteiger partial charge in [0.1, 0.15) is 23.9 Å². The molecule has 0 aromatic heterocycles. The Morgan fingerprint density at radius 1 is 1.22 bits per heavy atom. The van der Waals surface area contributed by atoms with E-state index in [4.69, 9.17) is 10.00 Å². The van der Waals surface area contributed by atoms with Crippen LogP contribution in [0.4, 0.5) is 0 Å². The quantitative estimate of drug-likeness (QED) is 0.626. The summed E-state index contributed by atoms with van der Waals surface area (Å²) in [5.74, 6) is 1.11. The van der Waals surface area contributed by atoms with Crippen LogP contribution in [-0.4, -0.2) is 6.29 Å². The zero-order valence-electron chi connectivity index (χ0n) is 9.26. The second kappa shape index (κ2) is 5.65. The second-order valence-electron chi connectivity index (χ2n) is 3.54. The molecule has 0 bridgehead atoms. The van der Waals surface area contributed by atoms with Gasteiger partial charge in [0.25, 0.3) is 0 Å². The van der Waals surface area contributed by atoms with Gasteiger partial charge in [-0.1, -0.05) is 6.07 Å². The van der Waals surface area contributed by atoms with Crippen molar-refractivity contribution in [1.82, 2.24) is 0 Å². The van der Waals surface area contributed by atoms with Crippen LogP contribution in [0.15, 0.2) is 42.5 Å². The number of nitrogens with zero attached hydrogens (tertiary/aromatic N) is 1. The van der Waals surface area contributed by atoms with Gasteiger partial charge in [-0.3, -0.25) is 4.79 Å². The standard InChI is InChI=1S/C14H8INO2/c15-12-2-1-3-13(7-12)18-14-5-4-10(9-17)6-11(14)8-16/h1-7,9H. The summed E-state index contributed by atoms with van der Waals surface area (Å²) >= 11 is 2.19. The second-order valence-corrected chi connectivity index (χ2v) is 4.79. The zero-order valence-corrected chi connectivity index (χ0v) is 11.4. The van der Waals surface area contributed by atoms with Gasteiger partial charge in [-0.05, 0) is 59.0 Å². The van der Waals surface area contributed by atoms with Gasteiger partial charge in [0, 0.05) is 9.13 Å². The Bertz CT molecular complexity index is 632. The first-order valence-electron chi connectivity index (χ1n) is 5.15. The van der Waals surface area contributed by atoms with E-state index in [1.165, 1.54) is 6.07 Å². The van der Waals surface area contributed by atoms with Crippen molar-refractivity contribution in [3.8, 4) is 17.6 Å². The van der Waals surface area contributed by atoms with Crippen LogP contribution in [0.2, 0.25) is 0 Å². The topological polar surface area (TPSA) is 50.1 Å². The van der Waals surface area contributed by atoms with Crippen LogP contribution < -0.4 is 4.74 Å². The van der Waals surface area contributed by atoms with Crippen molar-refractivity contribution in [2.45, 2.75) is 0 Å². The van der Waals surface area contributed by atoms with E-state index in [2.05, 4.69) is 22.6 Å². The minimum absolute atomic E-state index is 0.346. The summed E-state index contributed by atoms with van der Waals surface area (Å²) in [6, 6.07) is 14.3. The monoisotopic (exact) mass is 349 g/mol. The average Bonchev–Trinajstić information content (AvgIpc) is 2.39. The normalized spacial score (nSPS) is 9.56. The smallest absolute Gasteiger partial charge is 0.150 e. The van der Waals surface area contributed by atoms with Crippen molar-refractivity contribution in [1.29, 1.82) is 5.26 Å². The first kappa shape index (κ1) is 12.6. The van der Waals surface area contributed by atoms with E-state index in [1.807, 2.05) is 30.3 Å². The molecule has 0 heterocycles. The van der Waals surface area contributed by atoms with Gasteiger partial charge in [-0.15, -0.1) is 0 Å². The number of nitriles is 1. The number of carbonyl (C=O) groups excluding carboxylic acids is 1. The molecule has 4 heteroatoms. The first-order chi connectivity index (χ1) is 8.72. The molecule has 0 aliphatic heterocycles. The van der Waals surface area contributed by atoms with E-state index >= 15 is 0 Å². The fraction of sp³-hybridized carbons (Fsp3) is 0. The third-order valence-corrected chi connectivity index (χ3v) is 2.96. The van der Waals surface area contributed by atoms with E-state index < -0.39 is 0 Å². The highest BCUT2D eigenvalue weighted by Crippen LogP contribution is 2.26. The van der Waals surface area contributed by atoms with Crippen LogP contribution in [0.1, 0.15) is 15.9 Å². The Labute approximate surface area is 118 Å². The van der Waals surface area contributed by atoms with Gasteiger partial charge >= 0.3 is 0 Å². The summed E-state index contributed by atoms with van der Waals surface area (Å²) in [5.41, 5.74) is 0.806. The number of aldehydes is 1. The minimum atomic E-state index is 0.346. The zero-order chi connectivity index (χ0) is 13.0. The van der Waals surface area contributed by atoms with Gasteiger partial charge in [-0.25, -0.2) is 0 Å². The lowest BCUT2D eigenvalue weighted by Crippen LogP contribution is -1.90. The van der Waals surface area contributed by atoms with Crippen molar-refractivity contribution >= 4 is 28.9 Å². The maximum Gasteiger partial charge on any atom is 0.150 e. The maximum absolute atomic E-state index is 10.6. The van der Waals surface area contributed by atoms with Crippen molar-refractivity contribution in [3.63, 3.8) is 0 Å². The molecule has 2 rings (SSSR count). The van der Waals surface area contributed by atoms with Crippen molar-refractivity contribution in [2.24, 2.45) is 0 Å². The molecule has 88 valence electrons. The number of benzene rings is 2. The Morgan fingerprint density at radius 2 is 2.06 bits per heavy atom. The Morgan fingerprint density at radius 3 is 2.72 bits per heavy atom. The number of rotatable bonds is 3. The molecule has 0 unspecified atom stereocenters. The maximum atomic E-state index is 10.6. The largest absolute Gasteiger partial charge is 0.456 e. The Kier molecular flexibility index (Phi) is 3.95. The number of halogens is 1. The Hall–Kier alpha value is -1.87. The molecule has 2 aromatic carbocycles. The third-order valence-electron chi connectivity index (χ3n) is 2.28. The molecule has 0 saturated heterocycles. The van der Waals surface area contributed by atoms with Gasteiger partial charge in [-0.2, -0.15) is 5.26 Å². The number of hydrogen-bond donors (Lipinski definition) is 0. The summed E-state index contributed by atoms with van der Waals surface area (Å²) in [5, 5.41) is 9.02. The fourth-order valence-electron chi connectivity index (χ4n) is 1.45. The predicted octanol–water partition coefficient (Wildman–Crippen LogP) is 3.77. The molecule has 0 saturated carbocycles. The highest BCUT2D eigenvalue weighted by molar-refractivity contribution is 14.1. The van der Waals surface area contributed by atoms with E-state index in [-0.39, 0.29) is 0 Å². The summed E-state index contributed by atoms with van der Waals surface area (Å²) in [4.78, 5) is 10.6. The first-order valence-corrected chi connectivity index (χ1v) is 6.23. The molecule has 0 spiro atoms. The molecule has 0 amide bonds. The number of hydrogen-bond acceptors (Lipinski definition) is 3. The summed E-state index contributed by atoms with van der Waals surface area (Å²) in [7, 11) is 0. The van der Waals surface area contributed by atoms with Crippen LogP contribution >= 0.6 is 22.6 Å². The van der Waals surface area contributed by atoms with Crippen LogP contribution in [0.25, 0.3) is 0 Å². The van der Waals surface area contributed by atoms with Crippen molar-refractivity contribution < 1.29 is 9.53 Å². The molecule has 18 heavy (non-hydrogen) atoms. The van der Waals surface area contributed by atoms with E-state index in [0.29, 0.717) is 28.9 Å². The molecule has 3 nitrogen and oxygen atoms in total. The minimum Gasteiger partial charge on any atom is -0.456 e. The SMILES string of the molecule is N#Cc1cc(C=O)ccc1Oc1cccc(I)c1. The van der Waals surface area contributed by atoms with Crippen LogP contribution in [0.5, 0.6) is 11.5 Å². The molecule has 0 aliphatic rings. The van der Waals surface area contributed by atoms with E-state index in [9.17, 15) is 4.79 Å². The molecule has 2 aromatic rings.